The minimum absolute atomic E-state index is 0.627. The summed E-state index contributed by atoms with van der Waals surface area (Å²) >= 11 is 1.78. The van der Waals surface area contributed by atoms with E-state index >= 15 is 0 Å². The zero-order valence-corrected chi connectivity index (χ0v) is 35.7. The number of fused-ring (bicyclic) bond motifs is 7. The van der Waals surface area contributed by atoms with Gasteiger partial charge in [-0.05, 0) is 83.9 Å². The van der Waals surface area contributed by atoms with Gasteiger partial charge in [0.2, 0.25) is 0 Å². The molecular formula is C58H36N6S. The van der Waals surface area contributed by atoms with Crippen LogP contribution in [0.3, 0.4) is 0 Å². The molecule has 0 spiro atoms. The number of hydrogen-bond acceptors (Lipinski definition) is 5. The summed E-state index contributed by atoms with van der Waals surface area (Å²) in [6, 6.07) is 76.8. The fourth-order valence-electron chi connectivity index (χ4n) is 9.36. The Labute approximate surface area is 378 Å². The Morgan fingerprint density at radius 2 is 0.908 bits per heavy atom. The molecule has 0 aliphatic carbocycles. The summed E-state index contributed by atoms with van der Waals surface area (Å²) in [6.45, 7) is 0. The lowest BCUT2D eigenvalue weighted by atomic mass is 10.00. The molecule has 0 bridgehead atoms. The lowest BCUT2D eigenvalue weighted by molar-refractivity contribution is 1.08. The van der Waals surface area contributed by atoms with E-state index in [1.54, 1.807) is 11.3 Å². The number of thiophene rings is 1. The van der Waals surface area contributed by atoms with Gasteiger partial charge in [-0.2, -0.15) is 0 Å². The first-order valence-corrected chi connectivity index (χ1v) is 22.5. The van der Waals surface area contributed by atoms with Crippen LogP contribution >= 0.6 is 11.3 Å². The van der Waals surface area contributed by atoms with Gasteiger partial charge in [0.1, 0.15) is 5.82 Å². The van der Waals surface area contributed by atoms with Crippen molar-refractivity contribution >= 4 is 64.3 Å². The highest BCUT2D eigenvalue weighted by Gasteiger charge is 2.20. The zero-order chi connectivity index (χ0) is 42.8. The van der Waals surface area contributed by atoms with Gasteiger partial charge in [0.25, 0.3) is 0 Å². The number of nitrogens with zero attached hydrogens (tertiary/aromatic N) is 6. The van der Waals surface area contributed by atoms with Gasteiger partial charge < -0.3 is 4.57 Å². The smallest absolute Gasteiger partial charge is 0.165 e. The molecule has 0 saturated carbocycles. The second-order valence-electron chi connectivity index (χ2n) is 16.3. The van der Waals surface area contributed by atoms with Crippen LogP contribution in [0.15, 0.2) is 218 Å². The van der Waals surface area contributed by atoms with Gasteiger partial charge in [-0.1, -0.05) is 146 Å². The molecule has 7 heteroatoms. The van der Waals surface area contributed by atoms with E-state index in [1.807, 2.05) is 30.3 Å². The number of aromatic nitrogens is 6. The van der Waals surface area contributed by atoms with Crippen LogP contribution in [0.5, 0.6) is 0 Å². The van der Waals surface area contributed by atoms with Crippen molar-refractivity contribution in [2.45, 2.75) is 0 Å². The SMILES string of the molecule is c1ccc(-c2nc(-c3ccc4c5ccccc5n(-c5ccccc5)c4c3)nc(-c3cccc4c3sc3ccc(-c5cccc(-c6nc7ccccc7n6-c6ccccc6)c5)cc34)n2)cc1. The molecule has 4 heterocycles. The molecule has 0 radical (unpaired) electrons. The third-order valence-corrected chi connectivity index (χ3v) is 13.6. The van der Waals surface area contributed by atoms with Crippen molar-refractivity contribution in [1.29, 1.82) is 0 Å². The van der Waals surface area contributed by atoms with Gasteiger partial charge in [0.05, 0.1) is 22.1 Å². The Balaban J connectivity index is 0.942. The topological polar surface area (TPSA) is 61.4 Å². The molecule has 13 rings (SSSR count). The summed E-state index contributed by atoms with van der Waals surface area (Å²) in [5.74, 6) is 2.82. The summed E-state index contributed by atoms with van der Waals surface area (Å²) in [6.07, 6.45) is 0. The van der Waals surface area contributed by atoms with E-state index in [0.717, 1.165) is 77.3 Å². The van der Waals surface area contributed by atoms with Crippen LogP contribution in [0, 0.1) is 0 Å². The predicted octanol–water partition coefficient (Wildman–Crippen LogP) is 15.0. The molecule has 0 unspecified atom stereocenters. The molecule has 9 aromatic carbocycles. The maximum atomic E-state index is 5.30. The highest BCUT2D eigenvalue weighted by atomic mass is 32.1. The minimum atomic E-state index is 0.627. The molecule has 0 N–H and O–H groups in total. The molecular weight excluding hydrogens is 813 g/mol. The Bertz CT molecular complexity index is 3940. The maximum Gasteiger partial charge on any atom is 0.165 e. The van der Waals surface area contributed by atoms with E-state index < -0.39 is 0 Å². The third kappa shape index (κ3) is 6.24. The number of hydrogen-bond donors (Lipinski definition) is 0. The second kappa shape index (κ2) is 15.1. The summed E-state index contributed by atoms with van der Waals surface area (Å²) in [4.78, 5) is 20.8. The van der Waals surface area contributed by atoms with E-state index in [0.29, 0.717) is 17.5 Å². The first kappa shape index (κ1) is 37.1. The van der Waals surface area contributed by atoms with E-state index in [1.165, 1.54) is 26.2 Å². The van der Waals surface area contributed by atoms with Crippen molar-refractivity contribution in [2.75, 3.05) is 0 Å². The summed E-state index contributed by atoms with van der Waals surface area (Å²) < 4.78 is 6.93. The lowest BCUT2D eigenvalue weighted by Crippen LogP contribution is -2.00. The van der Waals surface area contributed by atoms with Gasteiger partial charge >= 0.3 is 0 Å². The van der Waals surface area contributed by atoms with Crippen molar-refractivity contribution < 1.29 is 0 Å². The zero-order valence-electron chi connectivity index (χ0n) is 34.9. The molecule has 65 heavy (non-hydrogen) atoms. The quantitative estimate of drug-likeness (QED) is 0.160. The van der Waals surface area contributed by atoms with Crippen LogP contribution in [-0.4, -0.2) is 29.1 Å². The normalized spacial score (nSPS) is 11.7. The van der Waals surface area contributed by atoms with Gasteiger partial charge in [-0.3, -0.25) is 4.57 Å². The highest BCUT2D eigenvalue weighted by molar-refractivity contribution is 7.26. The third-order valence-electron chi connectivity index (χ3n) is 12.4. The average molecular weight is 849 g/mol. The van der Waals surface area contributed by atoms with Crippen molar-refractivity contribution in [1.82, 2.24) is 29.1 Å². The Kier molecular flexibility index (Phi) is 8.60. The maximum absolute atomic E-state index is 5.30. The summed E-state index contributed by atoms with van der Waals surface area (Å²) in [5, 5.41) is 4.75. The molecule has 0 amide bonds. The number of imidazole rings is 1. The van der Waals surface area contributed by atoms with Crippen LogP contribution in [-0.2, 0) is 0 Å². The van der Waals surface area contributed by atoms with E-state index in [4.69, 9.17) is 19.9 Å². The Morgan fingerprint density at radius 1 is 0.323 bits per heavy atom. The largest absolute Gasteiger partial charge is 0.309 e. The lowest BCUT2D eigenvalue weighted by Gasteiger charge is -2.11. The first-order chi connectivity index (χ1) is 32.2. The van der Waals surface area contributed by atoms with Crippen LogP contribution in [0.25, 0.3) is 121 Å². The van der Waals surface area contributed by atoms with Gasteiger partial charge in [0.15, 0.2) is 17.5 Å². The first-order valence-electron chi connectivity index (χ1n) is 21.7. The van der Waals surface area contributed by atoms with Crippen LogP contribution in [0.4, 0.5) is 0 Å². The molecule has 4 aromatic heterocycles. The summed E-state index contributed by atoms with van der Waals surface area (Å²) in [7, 11) is 0. The fourth-order valence-corrected chi connectivity index (χ4v) is 10.5. The van der Waals surface area contributed by atoms with Crippen molar-refractivity contribution in [3.05, 3.63) is 218 Å². The van der Waals surface area contributed by atoms with E-state index in [9.17, 15) is 0 Å². The molecule has 304 valence electrons. The fraction of sp³-hybridized carbons (Fsp3) is 0. The minimum Gasteiger partial charge on any atom is -0.309 e. The van der Waals surface area contributed by atoms with E-state index in [-0.39, 0.29) is 0 Å². The Morgan fingerprint density at radius 3 is 1.72 bits per heavy atom. The molecule has 13 aromatic rings. The monoisotopic (exact) mass is 848 g/mol. The number of para-hydroxylation sites is 5. The molecule has 6 nitrogen and oxygen atoms in total. The second-order valence-corrected chi connectivity index (χ2v) is 17.3. The van der Waals surface area contributed by atoms with Gasteiger partial charge in [-0.15, -0.1) is 11.3 Å². The highest BCUT2D eigenvalue weighted by Crippen LogP contribution is 2.42. The molecule has 0 fully saturated rings. The summed E-state index contributed by atoms with van der Waals surface area (Å²) in [5.41, 5.74) is 12.7. The van der Waals surface area contributed by atoms with E-state index in [2.05, 4.69) is 197 Å². The van der Waals surface area contributed by atoms with Gasteiger partial charge in [-0.25, -0.2) is 19.9 Å². The Hall–Kier alpha value is -8.52. The van der Waals surface area contributed by atoms with Crippen LogP contribution in [0.2, 0.25) is 0 Å². The molecule has 0 saturated heterocycles. The molecule has 0 aliphatic rings. The van der Waals surface area contributed by atoms with Crippen LogP contribution < -0.4 is 0 Å². The number of rotatable bonds is 7. The van der Waals surface area contributed by atoms with Crippen LogP contribution in [0.1, 0.15) is 0 Å². The predicted molar refractivity (Wildman–Crippen MR) is 269 cm³/mol. The molecule has 0 aliphatic heterocycles. The van der Waals surface area contributed by atoms with Crippen molar-refractivity contribution in [2.24, 2.45) is 0 Å². The average Bonchev–Trinajstić information content (AvgIpc) is 4.07. The van der Waals surface area contributed by atoms with Gasteiger partial charge in [0, 0.05) is 64.6 Å². The van der Waals surface area contributed by atoms with Crippen molar-refractivity contribution in [3.63, 3.8) is 0 Å². The molecule has 0 atom stereocenters. The number of benzene rings is 9. The van der Waals surface area contributed by atoms with Crippen molar-refractivity contribution in [3.8, 4) is 68.1 Å². The standard InChI is InChI=1S/C58H36N6S/c1-4-16-37(17-5-1)55-60-56(40-30-32-45-44-24-10-12-28-50(44)63(52(45)36-40)42-20-6-2-7-21-42)62-57(61-55)47-26-15-25-46-48-35-39(31-33-53(48)65-54(46)47)38-18-14-19-41(34-38)58-59-49-27-11-13-29-51(49)64(58)43-22-8-3-9-23-43/h1-36H.